The molecule has 1 aliphatic heterocycles. The van der Waals surface area contributed by atoms with Crippen LogP contribution in [0.3, 0.4) is 0 Å². The maximum atomic E-state index is 12.7. The Morgan fingerprint density at radius 1 is 1.30 bits per heavy atom. The maximum absolute atomic E-state index is 12.7. The van der Waals surface area contributed by atoms with Crippen LogP contribution in [0.4, 0.5) is 0 Å². The maximum Gasteiger partial charge on any atom is 0.328 e. The van der Waals surface area contributed by atoms with E-state index >= 15 is 0 Å². The van der Waals surface area contributed by atoms with Crippen molar-refractivity contribution in [2.75, 3.05) is 13.2 Å². The SMILES string of the molecule is CCOC(=O)C1CC(C)CCN1C(=O)Cc1c(Cl)cccc1Cl. The third-order valence-electron chi connectivity index (χ3n) is 4.13. The highest BCUT2D eigenvalue weighted by Gasteiger charge is 2.35. The van der Waals surface area contributed by atoms with Crippen LogP contribution in [0.1, 0.15) is 32.3 Å². The third-order valence-corrected chi connectivity index (χ3v) is 4.84. The van der Waals surface area contributed by atoms with Gasteiger partial charge in [-0.1, -0.05) is 36.2 Å². The summed E-state index contributed by atoms with van der Waals surface area (Å²) >= 11 is 12.3. The molecule has 1 aromatic carbocycles. The summed E-state index contributed by atoms with van der Waals surface area (Å²) in [7, 11) is 0. The summed E-state index contributed by atoms with van der Waals surface area (Å²) in [6, 6.07) is 4.63. The van der Waals surface area contributed by atoms with Crippen molar-refractivity contribution in [2.24, 2.45) is 5.92 Å². The molecule has 0 bridgehead atoms. The highest BCUT2D eigenvalue weighted by Crippen LogP contribution is 2.28. The Bertz CT molecular complexity index is 571. The summed E-state index contributed by atoms with van der Waals surface area (Å²) in [5.74, 6) is -0.0973. The topological polar surface area (TPSA) is 46.6 Å². The number of carbonyl (C=O) groups excluding carboxylic acids is 2. The first-order chi connectivity index (χ1) is 10.9. The number of rotatable bonds is 4. The average molecular weight is 358 g/mol. The molecular formula is C17H21Cl2NO3. The number of likely N-dealkylation sites (tertiary alicyclic amines) is 1. The number of carbonyl (C=O) groups is 2. The van der Waals surface area contributed by atoms with Gasteiger partial charge in [0.25, 0.3) is 0 Å². The number of hydrogen-bond donors (Lipinski definition) is 0. The van der Waals surface area contributed by atoms with E-state index in [4.69, 9.17) is 27.9 Å². The predicted molar refractivity (Wildman–Crippen MR) is 90.7 cm³/mol. The lowest BCUT2D eigenvalue weighted by Crippen LogP contribution is -2.51. The molecule has 23 heavy (non-hydrogen) atoms. The first-order valence-corrected chi connectivity index (χ1v) is 8.58. The van der Waals surface area contributed by atoms with Crippen LogP contribution in [0.25, 0.3) is 0 Å². The van der Waals surface area contributed by atoms with Gasteiger partial charge >= 0.3 is 5.97 Å². The van der Waals surface area contributed by atoms with Crippen molar-refractivity contribution < 1.29 is 14.3 Å². The Morgan fingerprint density at radius 3 is 2.57 bits per heavy atom. The fraction of sp³-hybridized carbons (Fsp3) is 0.529. The first kappa shape index (κ1) is 18.1. The van der Waals surface area contributed by atoms with E-state index in [-0.39, 0.29) is 18.3 Å². The van der Waals surface area contributed by atoms with Crippen molar-refractivity contribution in [1.29, 1.82) is 0 Å². The Balaban J connectivity index is 2.17. The zero-order valence-electron chi connectivity index (χ0n) is 13.4. The fourth-order valence-corrected chi connectivity index (χ4v) is 3.39. The second kappa shape index (κ2) is 8.02. The molecule has 126 valence electrons. The molecule has 2 rings (SSSR count). The number of amides is 1. The first-order valence-electron chi connectivity index (χ1n) is 7.83. The van der Waals surface area contributed by atoms with E-state index in [2.05, 4.69) is 6.92 Å². The number of hydrogen-bond acceptors (Lipinski definition) is 3. The summed E-state index contributed by atoms with van der Waals surface area (Å²) in [5, 5.41) is 0.924. The number of piperidine rings is 1. The Labute approximate surface area is 146 Å². The van der Waals surface area contributed by atoms with Crippen molar-refractivity contribution in [3.8, 4) is 0 Å². The summed E-state index contributed by atoms with van der Waals surface area (Å²) in [6.07, 6.45) is 1.58. The van der Waals surface area contributed by atoms with Crippen molar-refractivity contribution in [3.63, 3.8) is 0 Å². The second-order valence-electron chi connectivity index (χ2n) is 5.86. The van der Waals surface area contributed by atoms with E-state index in [1.165, 1.54) is 0 Å². The van der Waals surface area contributed by atoms with Crippen LogP contribution in [-0.4, -0.2) is 36.0 Å². The molecule has 0 aliphatic carbocycles. The van der Waals surface area contributed by atoms with Crippen molar-refractivity contribution >= 4 is 35.1 Å². The molecule has 1 amide bonds. The van der Waals surface area contributed by atoms with Gasteiger partial charge in [0.1, 0.15) is 6.04 Å². The van der Waals surface area contributed by atoms with Gasteiger partial charge in [0.15, 0.2) is 0 Å². The molecular weight excluding hydrogens is 337 g/mol. The van der Waals surface area contributed by atoms with Gasteiger partial charge in [-0.3, -0.25) is 4.79 Å². The smallest absolute Gasteiger partial charge is 0.328 e. The number of nitrogens with zero attached hydrogens (tertiary/aromatic N) is 1. The molecule has 2 atom stereocenters. The number of benzene rings is 1. The van der Waals surface area contributed by atoms with Crippen LogP contribution in [0.5, 0.6) is 0 Å². The van der Waals surface area contributed by atoms with E-state index in [0.717, 1.165) is 6.42 Å². The minimum Gasteiger partial charge on any atom is -0.464 e. The normalized spacial score (nSPS) is 21.1. The minimum absolute atomic E-state index is 0.0861. The van der Waals surface area contributed by atoms with E-state index in [1.807, 2.05) is 0 Å². The highest BCUT2D eigenvalue weighted by molar-refractivity contribution is 6.36. The van der Waals surface area contributed by atoms with Crippen molar-refractivity contribution in [2.45, 2.75) is 39.2 Å². The lowest BCUT2D eigenvalue weighted by atomic mass is 9.92. The molecule has 6 heteroatoms. The molecule has 0 radical (unpaired) electrons. The molecule has 1 saturated heterocycles. The molecule has 1 heterocycles. The fourth-order valence-electron chi connectivity index (χ4n) is 2.86. The molecule has 1 aliphatic rings. The lowest BCUT2D eigenvalue weighted by Gasteiger charge is -2.37. The van der Waals surface area contributed by atoms with Crippen molar-refractivity contribution in [1.82, 2.24) is 4.90 Å². The minimum atomic E-state index is -0.521. The molecule has 1 aromatic rings. The Hall–Kier alpha value is -1.26. The quantitative estimate of drug-likeness (QED) is 0.771. The summed E-state index contributed by atoms with van der Waals surface area (Å²) in [5.41, 5.74) is 0.599. The van der Waals surface area contributed by atoms with Crippen molar-refractivity contribution in [3.05, 3.63) is 33.8 Å². The van der Waals surface area contributed by atoms with Gasteiger partial charge in [-0.25, -0.2) is 4.79 Å². The molecule has 2 unspecified atom stereocenters. The average Bonchev–Trinajstić information content (AvgIpc) is 2.51. The highest BCUT2D eigenvalue weighted by atomic mass is 35.5. The van der Waals surface area contributed by atoms with Gasteiger partial charge in [-0.05, 0) is 43.4 Å². The summed E-state index contributed by atoms with van der Waals surface area (Å²) in [4.78, 5) is 26.5. The molecule has 0 N–H and O–H groups in total. The summed E-state index contributed by atoms with van der Waals surface area (Å²) < 4.78 is 5.12. The number of esters is 1. The van der Waals surface area contributed by atoms with Gasteiger partial charge in [0.05, 0.1) is 13.0 Å². The van der Waals surface area contributed by atoms with Gasteiger partial charge in [0.2, 0.25) is 5.91 Å². The number of ether oxygens (including phenoxy) is 1. The monoisotopic (exact) mass is 357 g/mol. The van der Waals surface area contributed by atoms with Gasteiger partial charge < -0.3 is 9.64 Å². The molecule has 0 aromatic heterocycles. The Kier molecular flexibility index (Phi) is 6.31. The zero-order valence-corrected chi connectivity index (χ0v) is 14.9. The third kappa shape index (κ3) is 4.39. The van der Waals surface area contributed by atoms with Crippen LogP contribution in [0.2, 0.25) is 10.0 Å². The van der Waals surface area contributed by atoms with E-state index in [1.54, 1.807) is 30.0 Å². The van der Waals surface area contributed by atoms with E-state index in [9.17, 15) is 9.59 Å². The largest absolute Gasteiger partial charge is 0.464 e. The standard InChI is InChI=1S/C17H21Cl2NO3/c1-3-23-17(22)15-9-11(2)7-8-20(15)16(21)10-12-13(18)5-4-6-14(12)19/h4-6,11,15H,3,7-10H2,1-2H3. The number of halogens is 2. The molecule has 0 saturated carbocycles. The van der Waals surface area contributed by atoms with Crippen LogP contribution in [0.15, 0.2) is 18.2 Å². The van der Waals surface area contributed by atoms with Crippen LogP contribution < -0.4 is 0 Å². The van der Waals surface area contributed by atoms with Gasteiger partial charge in [-0.2, -0.15) is 0 Å². The van der Waals surface area contributed by atoms with Crippen LogP contribution in [-0.2, 0) is 20.7 Å². The lowest BCUT2D eigenvalue weighted by molar-refractivity contribution is -0.157. The van der Waals surface area contributed by atoms with E-state index < -0.39 is 6.04 Å². The predicted octanol–water partition coefficient (Wildman–Crippen LogP) is 3.73. The van der Waals surface area contributed by atoms with Gasteiger partial charge in [-0.15, -0.1) is 0 Å². The zero-order chi connectivity index (χ0) is 17.0. The molecule has 0 spiro atoms. The Morgan fingerprint density at radius 2 is 1.96 bits per heavy atom. The van der Waals surface area contributed by atoms with Crippen LogP contribution in [0, 0.1) is 5.92 Å². The van der Waals surface area contributed by atoms with E-state index in [0.29, 0.717) is 41.1 Å². The summed E-state index contributed by atoms with van der Waals surface area (Å²) in [6.45, 7) is 4.70. The molecule has 1 fully saturated rings. The molecule has 4 nitrogen and oxygen atoms in total. The van der Waals surface area contributed by atoms with Gasteiger partial charge in [0, 0.05) is 16.6 Å². The van der Waals surface area contributed by atoms with Crippen LogP contribution >= 0.6 is 23.2 Å². The second-order valence-corrected chi connectivity index (χ2v) is 6.68.